The summed E-state index contributed by atoms with van der Waals surface area (Å²) in [4.78, 5) is 4.43. The summed E-state index contributed by atoms with van der Waals surface area (Å²) in [5.41, 5.74) is 16.8. The van der Waals surface area contributed by atoms with Crippen molar-refractivity contribution >= 4 is 40.2 Å². The second-order valence-corrected chi connectivity index (χ2v) is 13.8. The number of rotatable bonds is 5. The predicted molar refractivity (Wildman–Crippen MR) is 229 cm³/mol. The number of hydrogen-bond donors (Lipinski definition) is 1. The van der Waals surface area contributed by atoms with Gasteiger partial charge in [-0.15, -0.1) is 6.58 Å². The molecule has 0 amide bonds. The lowest BCUT2D eigenvalue weighted by Gasteiger charge is -2.18. The van der Waals surface area contributed by atoms with Crippen molar-refractivity contribution in [1.82, 2.24) is 14.1 Å². The lowest BCUT2D eigenvalue weighted by atomic mass is 9.88. The van der Waals surface area contributed by atoms with Gasteiger partial charge in [0, 0.05) is 53.4 Å². The summed E-state index contributed by atoms with van der Waals surface area (Å²) in [6.07, 6.45) is 17.9. The van der Waals surface area contributed by atoms with E-state index < -0.39 is 0 Å². The fourth-order valence-corrected chi connectivity index (χ4v) is 7.53. The zero-order valence-electron chi connectivity index (χ0n) is 32.2. The standard InChI is InChI=1S/C35H32N2.C12H13N.C2H5N/c1-22-11-9-10-12-27(22)29-17-24(3)30(18-23(29)2)31-19-26(5)35(20-25(31)4)37-33-14-8-6-7-13-28(33)32-21-36-16-15-34(32)37;1-3-6-11-9-10-7-4-5-8-12(10)13(11)2;1-2-3/h6-7,9-21H,8H2,1-5H3;3-5,7-9H,1,6H2,2H3;2-3H,1H3. The van der Waals surface area contributed by atoms with Crippen LogP contribution in [0.4, 0.5) is 0 Å². The van der Waals surface area contributed by atoms with E-state index in [9.17, 15) is 0 Å². The third-order valence-corrected chi connectivity index (χ3v) is 10.2. The highest BCUT2D eigenvalue weighted by Gasteiger charge is 2.16. The fraction of sp³-hybridized carbons (Fsp3) is 0.184. The van der Waals surface area contributed by atoms with E-state index in [0.717, 1.165) is 12.8 Å². The molecule has 8 rings (SSSR count). The van der Waals surface area contributed by atoms with Crippen LogP contribution in [0, 0.1) is 40.0 Å². The van der Waals surface area contributed by atoms with Crippen LogP contribution in [0.1, 0.15) is 46.9 Å². The van der Waals surface area contributed by atoms with Gasteiger partial charge in [-0.05, 0) is 140 Å². The van der Waals surface area contributed by atoms with E-state index in [0.29, 0.717) is 0 Å². The monoisotopic (exact) mass is 694 g/mol. The van der Waals surface area contributed by atoms with Gasteiger partial charge >= 0.3 is 0 Å². The van der Waals surface area contributed by atoms with Crippen LogP contribution in [0.15, 0.2) is 122 Å². The number of fused-ring (bicyclic) bond motifs is 4. The maximum atomic E-state index is 6.08. The van der Waals surface area contributed by atoms with Gasteiger partial charge in [-0.3, -0.25) is 4.98 Å². The molecule has 4 aromatic carbocycles. The SMILES string of the molecule is C=CCc1cc2ccccc2n1C.CC=N.Cc1ccccc1-c1cc(C)c(-c2cc(C)c(-n3c4c(c5cnccc53)=CC=CCC=4)cc2C)cc1C. The van der Waals surface area contributed by atoms with Crippen molar-refractivity contribution in [2.45, 2.75) is 54.4 Å². The van der Waals surface area contributed by atoms with Crippen LogP contribution in [-0.2, 0) is 13.5 Å². The van der Waals surface area contributed by atoms with Crippen molar-refractivity contribution in [3.05, 3.63) is 166 Å². The van der Waals surface area contributed by atoms with Gasteiger partial charge in [-0.1, -0.05) is 85.0 Å². The number of hydrogen-bond acceptors (Lipinski definition) is 2. The molecule has 7 aromatic rings. The highest BCUT2D eigenvalue weighted by Crippen LogP contribution is 2.36. The van der Waals surface area contributed by atoms with Crippen LogP contribution in [0.2, 0.25) is 0 Å². The van der Waals surface area contributed by atoms with Gasteiger partial charge in [0.2, 0.25) is 0 Å². The van der Waals surface area contributed by atoms with Crippen LogP contribution >= 0.6 is 0 Å². The van der Waals surface area contributed by atoms with Crippen molar-refractivity contribution in [2.75, 3.05) is 0 Å². The number of para-hydroxylation sites is 1. The Bertz CT molecular complexity index is 2630. The van der Waals surface area contributed by atoms with Crippen molar-refractivity contribution in [3.63, 3.8) is 0 Å². The first kappa shape index (κ1) is 36.8. The van der Waals surface area contributed by atoms with E-state index in [1.807, 2.05) is 18.5 Å². The number of allylic oxidation sites excluding steroid dienone is 3. The summed E-state index contributed by atoms with van der Waals surface area (Å²) in [6, 6.07) is 30.9. The van der Waals surface area contributed by atoms with Crippen LogP contribution in [0.5, 0.6) is 0 Å². The van der Waals surface area contributed by atoms with Crippen molar-refractivity contribution < 1.29 is 0 Å². The van der Waals surface area contributed by atoms with Gasteiger partial charge in [0.1, 0.15) is 0 Å². The summed E-state index contributed by atoms with van der Waals surface area (Å²) < 4.78 is 4.64. The second-order valence-electron chi connectivity index (χ2n) is 13.8. The van der Waals surface area contributed by atoms with E-state index in [-0.39, 0.29) is 0 Å². The number of benzene rings is 4. The van der Waals surface area contributed by atoms with E-state index >= 15 is 0 Å². The molecule has 53 heavy (non-hydrogen) atoms. The molecule has 0 saturated heterocycles. The van der Waals surface area contributed by atoms with Gasteiger partial charge in [0.25, 0.3) is 0 Å². The molecular formula is C49H50N4. The van der Waals surface area contributed by atoms with Crippen LogP contribution < -0.4 is 10.6 Å². The Labute approximate surface area is 314 Å². The quantitative estimate of drug-likeness (QED) is 0.141. The Balaban J connectivity index is 0.000000250. The molecule has 0 radical (unpaired) electrons. The zero-order chi connectivity index (χ0) is 37.6. The molecular weight excluding hydrogens is 645 g/mol. The third-order valence-electron chi connectivity index (χ3n) is 10.2. The van der Waals surface area contributed by atoms with Crippen molar-refractivity contribution in [3.8, 4) is 27.9 Å². The first-order valence-corrected chi connectivity index (χ1v) is 18.4. The minimum Gasteiger partial charge on any atom is -0.347 e. The summed E-state index contributed by atoms with van der Waals surface area (Å²) in [5.74, 6) is 0. The summed E-state index contributed by atoms with van der Waals surface area (Å²) >= 11 is 0. The van der Waals surface area contributed by atoms with Gasteiger partial charge in [0.15, 0.2) is 0 Å². The van der Waals surface area contributed by atoms with Gasteiger partial charge < -0.3 is 14.5 Å². The number of aryl methyl sites for hydroxylation is 6. The minimum atomic E-state index is 0.926. The number of aromatic nitrogens is 3. The minimum absolute atomic E-state index is 0.926. The molecule has 0 aliphatic heterocycles. The summed E-state index contributed by atoms with van der Waals surface area (Å²) in [6.45, 7) is 16.6. The van der Waals surface area contributed by atoms with Crippen molar-refractivity contribution in [1.29, 1.82) is 5.41 Å². The summed E-state index contributed by atoms with van der Waals surface area (Å²) in [7, 11) is 2.10. The number of nitrogens with one attached hydrogen (secondary N) is 1. The lowest BCUT2D eigenvalue weighted by Crippen LogP contribution is -2.28. The van der Waals surface area contributed by atoms with Crippen LogP contribution in [-0.4, -0.2) is 20.3 Å². The Hall–Kier alpha value is -6.00. The second kappa shape index (κ2) is 16.1. The highest BCUT2D eigenvalue weighted by atomic mass is 15.0. The normalized spacial score (nSPS) is 11.7. The highest BCUT2D eigenvalue weighted by molar-refractivity contribution is 5.85. The van der Waals surface area contributed by atoms with Gasteiger partial charge in [0.05, 0.1) is 10.9 Å². The van der Waals surface area contributed by atoms with Crippen molar-refractivity contribution in [2.24, 2.45) is 7.05 Å². The molecule has 0 bridgehead atoms. The van der Waals surface area contributed by atoms with Gasteiger partial charge in [-0.2, -0.15) is 0 Å². The largest absolute Gasteiger partial charge is 0.347 e. The molecule has 266 valence electrons. The Morgan fingerprint density at radius 2 is 1.40 bits per heavy atom. The Morgan fingerprint density at radius 3 is 2.09 bits per heavy atom. The Morgan fingerprint density at radius 1 is 0.755 bits per heavy atom. The zero-order valence-corrected chi connectivity index (χ0v) is 32.2. The first-order valence-electron chi connectivity index (χ1n) is 18.4. The molecule has 0 unspecified atom stereocenters. The molecule has 1 aliphatic carbocycles. The number of nitrogens with zero attached hydrogens (tertiary/aromatic N) is 3. The third kappa shape index (κ3) is 7.36. The number of pyridine rings is 1. The first-order chi connectivity index (χ1) is 25.7. The molecule has 0 fully saturated rings. The van der Waals surface area contributed by atoms with Crippen LogP contribution in [0.25, 0.3) is 61.9 Å². The molecule has 0 spiro atoms. The molecule has 3 heterocycles. The average molecular weight is 695 g/mol. The maximum Gasteiger partial charge on any atom is 0.0571 e. The predicted octanol–water partition coefficient (Wildman–Crippen LogP) is 11.0. The molecule has 3 aromatic heterocycles. The molecule has 0 atom stereocenters. The molecule has 4 nitrogen and oxygen atoms in total. The fourth-order valence-electron chi connectivity index (χ4n) is 7.53. The maximum absolute atomic E-state index is 6.08. The average Bonchev–Trinajstić information content (AvgIpc) is 3.51. The van der Waals surface area contributed by atoms with E-state index in [2.05, 4.69) is 172 Å². The smallest absolute Gasteiger partial charge is 0.0571 e. The van der Waals surface area contributed by atoms with E-state index in [1.54, 1.807) is 6.92 Å². The summed E-state index contributed by atoms with van der Waals surface area (Å²) in [5, 5.41) is 11.1. The van der Waals surface area contributed by atoms with E-state index in [4.69, 9.17) is 5.41 Å². The molecule has 4 heteroatoms. The Kier molecular flexibility index (Phi) is 11.2. The van der Waals surface area contributed by atoms with Gasteiger partial charge in [-0.25, -0.2) is 0 Å². The molecule has 1 aliphatic rings. The molecule has 0 saturated carbocycles. The molecule has 1 N–H and O–H groups in total. The van der Waals surface area contributed by atoms with Crippen LogP contribution in [0.3, 0.4) is 0 Å². The lowest BCUT2D eigenvalue weighted by molar-refractivity contribution is 0.890. The van der Waals surface area contributed by atoms with E-state index in [1.165, 1.54) is 100 Å². The topological polar surface area (TPSA) is 46.6 Å².